The van der Waals surface area contributed by atoms with Crippen LogP contribution in [0.2, 0.25) is 0 Å². The Morgan fingerprint density at radius 3 is 2.39 bits per heavy atom. The van der Waals surface area contributed by atoms with Crippen LogP contribution >= 0.6 is 0 Å². The first kappa shape index (κ1) is 14.8. The van der Waals surface area contributed by atoms with Gasteiger partial charge in [0.2, 0.25) is 0 Å². The summed E-state index contributed by atoms with van der Waals surface area (Å²) < 4.78 is 10.9. The molecule has 5 nitrogen and oxygen atoms in total. The standard InChI is InChI=1S/C18H24N2O3/c1-22-15-4-2-14(3-5-15)20-17(21)23-16-12-6-11-7-13(16)10-18(19,8-11)9-12/h2-5,11-13,16H,6-10,19H2,1H3,(H,20,21). The third kappa shape index (κ3) is 2.78. The van der Waals surface area contributed by atoms with E-state index < -0.39 is 0 Å². The van der Waals surface area contributed by atoms with Gasteiger partial charge in [0.25, 0.3) is 0 Å². The van der Waals surface area contributed by atoms with Gasteiger partial charge in [0.1, 0.15) is 11.9 Å². The van der Waals surface area contributed by atoms with Crippen molar-refractivity contribution in [2.24, 2.45) is 23.5 Å². The van der Waals surface area contributed by atoms with E-state index in [0.29, 0.717) is 11.8 Å². The summed E-state index contributed by atoms with van der Waals surface area (Å²) in [5.74, 6) is 2.38. The molecule has 4 fully saturated rings. The van der Waals surface area contributed by atoms with Gasteiger partial charge in [-0.1, -0.05) is 0 Å². The number of nitrogens with two attached hydrogens (primary N) is 1. The first-order chi connectivity index (χ1) is 11.0. The lowest BCUT2D eigenvalue weighted by Crippen LogP contribution is -2.61. The largest absolute Gasteiger partial charge is 0.497 e. The third-order valence-corrected chi connectivity index (χ3v) is 5.81. The van der Waals surface area contributed by atoms with Crippen LogP contribution in [0.25, 0.3) is 0 Å². The van der Waals surface area contributed by atoms with Gasteiger partial charge in [0.15, 0.2) is 0 Å². The summed E-state index contributed by atoms with van der Waals surface area (Å²) in [6.45, 7) is 0. The van der Waals surface area contributed by atoms with E-state index in [1.54, 1.807) is 7.11 Å². The van der Waals surface area contributed by atoms with Crippen LogP contribution in [0.1, 0.15) is 32.1 Å². The molecule has 23 heavy (non-hydrogen) atoms. The maximum Gasteiger partial charge on any atom is 0.411 e. The van der Waals surface area contributed by atoms with E-state index in [9.17, 15) is 4.79 Å². The van der Waals surface area contributed by atoms with Gasteiger partial charge in [-0.25, -0.2) is 4.79 Å². The molecule has 0 saturated heterocycles. The summed E-state index contributed by atoms with van der Waals surface area (Å²) in [4.78, 5) is 12.2. The topological polar surface area (TPSA) is 73.6 Å². The van der Waals surface area contributed by atoms with Crippen molar-refractivity contribution in [3.63, 3.8) is 0 Å². The molecule has 0 spiro atoms. The number of benzene rings is 1. The Balaban J connectivity index is 1.39. The first-order valence-electron chi connectivity index (χ1n) is 8.45. The highest BCUT2D eigenvalue weighted by Gasteiger charge is 2.55. The predicted octanol–water partition coefficient (Wildman–Crippen LogP) is 3.15. The number of nitrogens with one attached hydrogen (secondary N) is 1. The Hall–Kier alpha value is -1.75. The number of ether oxygens (including phenoxy) is 2. The molecule has 3 N–H and O–H groups in total. The highest BCUT2D eigenvalue weighted by molar-refractivity contribution is 5.84. The van der Waals surface area contributed by atoms with Gasteiger partial charge in [-0.15, -0.1) is 0 Å². The minimum Gasteiger partial charge on any atom is -0.497 e. The van der Waals surface area contributed by atoms with Gasteiger partial charge in [-0.3, -0.25) is 5.32 Å². The molecule has 5 rings (SSSR count). The number of carbonyl (C=O) groups excluding carboxylic acids is 1. The molecule has 4 aliphatic rings. The monoisotopic (exact) mass is 316 g/mol. The Morgan fingerprint density at radius 1 is 1.17 bits per heavy atom. The lowest BCUT2D eigenvalue weighted by molar-refractivity contribution is -0.103. The number of amides is 1. The Bertz CT molecular complexity index is 585. The molecule has 2 unspecified atom stereocenters. The molecule has 4 bridgehead atoms. The maximum atomic E-state index is 12.2. The Morgan fingerprint density at radius 2 is 1.83 bits per heavy atom. The van der Waals surface area contributed by atoms with E-state index in [1.807, 2.05) is 24.3 Å². The van der Waals surface area contributed by atoms with Crippen molar-refractivity contribution in [2.45, 2.75) is 43.7 Å². The minimum absolute atomic E-state index is 0.00280. The summed E-state index contributed by atoms with van der Waals surface area (Å²) in [5.41, 5.74) is 7.22. The van der Waals surface area contributed by atoms with Gasteiger partial charge in [-0.2, -0.15) is 0 Å². The van der Waals surface area contributed by atoms with Crippen molar-refractivity contribution in [1.82, 2.24) is 0 Å². The van der Waals surface area contributed by atoms with Crippen LogP contribution in [0, 0.1) is 17.8 Å². The van der Waals surface area contributed by atoms with Crippen molar-refractivity contribution in [3.8, 4) is 5.75 Å². The van der Waals surface area contributed by atoms with Gasteiger partial charge in [0.05, 0.1) is 7.11 Å². The maximum absolute atomic E-state index is 12.2. The molecule has 0 aliphatic heterocycles. The summed E-state index contributed by atoms with van der Waals surface area (Å²) in [5, 5.41) is 2.81. The van der Waals surface area contributed by atoms with E-state index in [4.69, 9.17) is 15.2 Å². The Labute approximate surface area is 136 Å². The molecule has 1 aromatic carbocycles. The van der Waals surface area contributed by atoms with Crippen molar-refractivity contribution in [3.05, 3.63) is 24.3 Å². The number of hydrogen-bond acceptors (Lipinski definition) is 4. The van der Waals surface area contributed by atoms with Crippen molar-refractivity contribution in [2.75, 3.05) is 12.4 Å². The van der Waals surface area contributed by atoms with E-state index in [0.717, 1.165) is 49.5 Å². The van der Waals surface area contributed by atoms with Gasteiger partial charge >= 0.3 is 6.09 Å². The first-order valence-corrected chi connectivity index (χ1v) is 8.45. The molecule has 0 aromatic heterocycles. The van der Waals surface area contributed by atoms with Gasteiger partial charge < -0.3 is 15.2 Å². The van der Waals surface area contributed by atoms with E-state index >= 15 is 0 Å². The average molecular weight is 316 g/mol. The second kappa shape index (κ2) is 5.41. The lowest BCUT2D eigenvalue weighted by atomic mass is 9.52. The SMILES string of the molecule is COc1ccc(NC(=O)OC2C3CC4CC2CC(N)(C4)C3)cc1. The zero-order valence-electron chi connectivity index (χ0n) is 13.5. The van der Waals surface area contributed by atoms with E-state index in [1.165, 1.54) is 0 Å². The molecule has 0 radical (unpaired) electrons. The smallest absolute Gasteiger partial charge is 0.411 e. The second-order valence-electron chi connectivity index (χ2n) is 7.56. The molecule has 4 saturated carbocycles. The predicted molar refractivity (Wildman–Crippen MR) is 87.4 cm³/mol. The van der Waals surface area contributed by atoms with Crippen LogP contribution in [-0.2, 0) is 4.74 Å². The number of anilines is 1. The fraction of sp³-hybridized carbons (Fsp3) is 0.611. The molecule has 4 aliphatic carbocycles. The molecular formula is C18H24N2O3. The third-order valence-electron chi connectivity index (χ3n) is 5.81. The zero-order valence-corrected chi connectivity index (χ0v) is 13.5. The molecule has 5 heteroatoms. The van der Waals surface area contributed by atoms with Crippen molar-refractivity contribution < 1.29 is 14.3 Å². The number of hydrogen-bond donors (Lipinski definition) is 2. The van der Waals surface area contributed by atoms with Gasteiger partial charge in [-0.05, 0) is 74.1 Å². The Kier molecular flexibility index (Phi) is 3.48. The molecule has 1 amide bonds. The average Bonchev–Trinajstić information content (AvgIpc) is 2.50. The molecule has 124 valence electrons. The van der Waals surface area contributed by atoms with Crippen LogP contribution in [-0.4, -0.2) is 24.8 Å². The van der Waals surface area contributed by atoms with Gasteiger partial charge in [0, 0.05) is 11.2 Å². The summed E-state index contributed by atoms with van der Waals surface area (Å²) in [7, 11) is 1.62. The zero-order chi connectivity index (χ0) is 16.0. The second-order valence-corrected chi connectivity index (χ2v) is 7.56. The fourth-order valence-corrected chi connectivity index (χ4v) is 5.18. The van der Waals surface area contributed by atoms with Crippen LogP contribution in [0.15, 0.2) is 24.3 Å². The van der Waals surface area contributed by atoms with Crippen molar-refractivity contribution in [1.29, 1.82) is 0 Å². The highest BCUT2D eigenvalue weighted by Crippen LogP contribution is 2.55. The van der Waals surface area contributed by atoms with Crippen LogP contribution < -0.4 is 15.8 Å². The molecular weight excluding hydrogens is 292 g/mol. The lowest BCUT2D eigenvalue weighted by Gasteiger charge is -2.57. The normalized spacial score (nSPS) is 37.5. The number of rotatable bonds is 3. The summed E-state index contributed by atoms with van der Waals surface area (Å²) in [6.07, 6.45) is 5.15. The molecule has 1 aromatic rings. The van der Waals surface area contributed by atoms with E-state index in [2.05, 4.69) is 5.32 Å². The number of methoxy groups -OCH3 is 1. The summed E-state index contributed by atoms with van der Waals surface area (Å²) >= 11 is 0. The van der Waals surface area contributed by atoms with Crippen LogP contribution in [0.5, 0.6) is 5.75 Å². The van der Waals surface area contributed by atoms with Crippen LogP contribution in [0.3, 0.4) is 0 Å². The fourth-order valence-electron chi connectivity index (χ4n) is 5.18. The van der Waals surface area contributed by atoms with Crippen molar-refractivity contribution >= 4 is 11.8 Å². The van der Waals surface area contributed by atoms with E-state index in [-0.39, 0.29) is 17.7 Å². The number of carbonyl (C=O) groups is 1. The quantitative estimate of drug-likeness (QED) is 0.898. The minimum atomic E-state index is -0.362. The van der Waals surface area contributed by atoms with Crippen LogP contribution in [0.4, 0.5) is 10.5 Å². The molecule has 0 heterocycles. The molecule has 2 atom stereocenters. The highest BCUT2D eigenvalue weighted by atomic mass is 16.6. The summed E-state index contributed by atoms with van der Waals surface area (Å²) in [6, 6.07) is 7.25.